The SMILES string of the molecule is CC(N)C1CCCCN1C(=O)c1cc(NC(=O)NC(C)(C)C)ccc1Cl. The molecule has 1 fully saturated rings. The van der Waals surface area contributed by atoms with Crippen molar-refractivity contribution in [3.63, 3.8) is 0 Å². The first kappa shape index (κ1) is 20.5. The maximum absolute atomic E-state index is 13.1. The van der Waals surface area contributed by atoms with Crippen LogP contribution in [0.2, 0.25) is 5.02 Å². The van der Waals surface area contributed by atoms with Crippen molar-refractivity contribution in [3.05, 3.63) is 28.8 Å². The molecule has 1 aromatic rings. The zero-order valence-corrected chi connectivity index (χ0v) is 16.7. The fraction of sp³-hybridized carbons (Fsp3) is 0.579. The molecule has 1 aromatic carbocycles. The Labute approximate surface area is 160 Å². The van der Waals surface area contributed by atoms with Gasteiger partial charge in [-0.1, -0.05) is 11.6 Å². The highest BCUT2D eigenvalue weighted by Crippen LogP contribution is 2.26. The van der Waals surface area contributed by atoms with Gasteiger partial charge >= 0.3 is 6.03 Å². The standard InChI is InChI=1S/C19H29ClN4O2/c1-12(21)16-7-5-6-10-24(16)17(25)14-11-13(8-9-15(14)20)22-18(26)23-19(2,3)4/h8-9,11-12,16H,5-7,10,21H2,1-4H3,(H2,22,23,26). The second-order valence-electron chi connectivity index (χ2n) is 7.94. The summed E-state index contributed by atoms with van der Waals surface area (Å²) in [7, 11) is 0. The van der Waals surface area contributed by atoms with Crippen LogP contribution >= 0.6 is 11.6 Å². The van der Waals surface area contributed by atoms with E-state index in [0.29, 0.717) is 22.8 Å². The van der Waals surface area contributed by atoms with Gasteiger partial charge in [-0.25, -0.2) is 4.79 Å². The molecule has 7 heteroatoms. The van der Waals surface area contributed by atoms with Crippen LogP contribution < -0.4 is 16.4 Å². The van der Waals surface area contributed by atoms with Crippen LogP contribution in [0, 0.1) is 0 Å². The number of amides is 3. The van der Waals surface area contributed by atoms with E-state index in [1.165, 1.54) is 0 Å². The fourth-order valence-electron chi connectivity index (χ4n) is 3.18. The van der Waals surface area contributed by atoms with Crippen LogP contribution in [-0.2, 0) is 0 Å². The monoisotopic (exact) mass is 380 g/mol. The first-order valence-electron chi connectivity index (χ1n) is 9.04. The molecular weight excluding hydrogens is 352 g/mol. The number of carbonyl (C=O) groups is 2. The molecule has 0 aliphatic carbocycles. The molecule has 144 valence electrons. The molecule has 1 aliphatic rings. The number of piperidine rings is 1. The van der Waals surface area contributed by atoms with Gasteiger partial charge in [0.05, 0.1) is 10.6 Å². The van der Waals surface area contributed by atoms with Gasteiger partial charge in [-0.2, -0.15) is 0 Å². The van der Waals surface area contributed by atoms with Crippen LogP contribution in [-0.4, -0.2) is 41.0 Å². The number of anilines is 1. The molecule has 1 heterocycles. The van der Waals surface area contributed by atoms with Gasteiger partial charge < -0.3 is 21.3 Å². The molecule has 26 heavy (non-hydrogen) atoms. The average Bonchev–Trinajstić information content (AvgIpc) is 2.54. The first-order valence-corrected chi connectivity index (χ1v) is 9.41. The number of benzene rings is 1. The number of hydrogen-bond donors (Lipinski definition) is 3. The van der Waals surface area contributed by atoms with E-state index >= 15 is 0 Å². The summed E-state index contributed by atoms with van der Waals surface area (Å²) in [5.74, 6) is -0.142. The minimum absolute atomic E-state index is 0.00752. The van der Waals surface area contributed by atoms with Crippen molar-refractivity contribution in [2.24, 2.45) is 5.73 Å². The van der Waals surface area contributed by atoms with E-state index in [2.05, 4.69) is 10.6 Å². The summed E-state index contributed by atoms with van der Waals surface area (Å²) < 4.78 is 0. The number of nitrogens with two attached hydrogens (primary N) is 1. The topological polar surface area (TPSA) is 87.5 Å². The predicted molar refractivity (Wildman–Crippen MR) is 106 cm³/mol. The maximum Gasteiger partial charge on any atom is 0.319 e. The number of carbonyl (C=O) groups excluding carboxylic acids is 2. The number of hydrogen-bond acceptors (Lipinski definition) is 3. The molecule has 6 nitrogen and oxygen atoms in total. The smallest absolute Gasteiger partial charge is 0.319 e. The summed E-state index contributed by atoms with van der Waals surface area (Å²) >= 11 is 6.27. The van der Waals surface area contributed by atoms with Gasteiger partial charge in [0.1, 0.15) is 0 Å². The summed E-state index contributed by atoms with van der Waals surface area (Å²) in [4.78, 5) is 26.9. The van der Waals surface area contributed by atoms with Gasteiger partial charge in [-0.05, 0) is 65.2 Å². The van der Waals surface area contributed by atoms with Gasteiger partial charge in [0, 0.05) is 29.9 Å². The molecule has 2 unspecified atom stereocenters. The quantitative estimate of drug-likeness (QED) is 0.748. The van der Waals surface area contributed by atoms with Crippen LogP contribution in [0.1, 0.15) is 57.3 Å². The number of rotatable bonds is 3. The second kappa shape index (κ2) is 8.27. The third kappa shape index (κ3) is 5.35. The molecule has 4 N–H and O–H groups in total. The Hall–Kier alpha value is -1.79. The minimum Gasteiger partial charge on any atom is -0.334 e. The Morgan fingerprint density at radius 1 is 1.31 bits per heavy atom. The van der Waals surface area contributed by atoms with E-state index in [0.717, 1.165) is 19.3 Å². The highest BCUT2D eigenvalue weighted by Gasteiger charge is 2.31. The van der Waals surface area contributed by atoms with Crippen LogP contribution in [0.4, 0.5) is 10.5 Å². The van der Waals surface area contributed by atoms with Crippen molar-refractivity contribution in [3.8, 4) is 0 Å². The lowest BCUT2D eigenvalue weighted by atomic mass is 9.96. The van der Waals surface area contributed by atoms with E-state index in [1.807, 2.05) is 32.6 Å². The Balaban J connectivity index is 2.20. The molecule has 0 saturated carbocycles. The van der Waals surface area contributed by atoms with E-state index in [9.17, 15) is 9.59 Å². The Morgan fingerprint density at radius 3 is 2.62 bits per heavy atom. The van der Waals surface area contributed by atoms with Crippen molar-refractivity contribution in [1.29, 1.82) is 0 Å². The normalized spacial score (nSPS) is 19.0. The summed E-state index contributed by atoms with van der Waals surface area (Å²) in [6.45, 7) is 8.28. The van der Waals surface area contributed by atoms with E-state index in [4.69, 9.17) is 17.3 Å². The highest BCUT2D eigenvalue weighted by molar-refractivity contribution is 6.34. The summed E-state index contributed by atoms with van der Waals surface area (Å²) in [5, 5.41) is 5.94. The molecule has 1 saturated heterocycles. The zero-order valence-electron chi connectivity index (χ0n) is 15.9. The van der Waals surface area contributed by atoms with E-state index < -0.39 is 0 Å². The Kier molecular flexibility index (Phi) is 6.53. The number of halogens is 1. The van der Waals surface area contributed by atoms with Crippen molar-refractivity contribution in [2.45, 2.75) is 64.6 Å². The lowest BCUT2D eigenvalue weighted by Gasteiger charge is -2.38. The Morgan fingerprint density at radius 2 is 2.00 bits per heavy atom. The van der Waals surface area contributed by atoms with Gasteiger partial charge in [-0.15, -0.1) is 0 Å². The van der Waals surface area contributed by atoms with E-state index in [1.54, 1.807) is 18.2 Å². The molecule has 0 bridgehead atoms. The highest BCUT2D eigenvalue weighted by atomic mass is 35.5. The van der Waals surface area contributed by atoms with E-state index in [-0.39, 0.29) is 29.6 Å². The fourth-order valence-corrected chi connectivity index (χ4v) is 3.38. The lowest BCUT2D eigenvalue weighted by molar-refractivity contribution is 0.0584. The molecule has 3 amide bonds. The average molecular weight is 381 g/mol. The minimum atomic E-state index is -0.354. The predicted octanol–water partition coefficient (Wildman–Crippen LogP) is 3.60. The summed E-state index contributed by atoms with van der Waals surface area (Å²) in [5.41, 5.74) is 6.62. The maximum atomic E-state index is 13.1. The van der Waals surface area contributed by atoms with Gasteiger partial charge in [0.25, 0.3) is 5.91 Å². The van der Waals surface area contributed by atoms with Gasteiger partial charge in [-0.3, -0.25) is 4.79 Å². The van der Waals surface area contributed by atoms with Crippen LogP contribution in [0.15, 0.2) is 18.2 Å². The number of nitrogens with zero attached hydrogens (tertiary/aromatic N) is 1. The number of urea groups is 1. The van der Waals surface area contributed by atoms with Crippen molar-refractivity contribution >= 4 is 29.2 Å². The molecule has 0 spiro atoms. The molecule has 0 radical (unpaired) electrons. The lowest BCUT2D eigenvalue weighted by Crippen LogP contribution is -2.51. The number of likely N-dealkylation sites (tertiary alicyclic amines) is 1. The summed E-state index contributed by atoms with van der Waals surface area (Å²) in [6.07, 6.45) is 2.92. The molecule has 0 aromatic heterocycles. The van der Waals surface area contributed by atoms with Crippen LogP contribution in [0.3, 0.4) is 0 Å². The second-order valence-corrected chi connectivity index (χ2v) is 8.35. The molecular formula is C19H29ClN4O2. The third-order valence-electron chi connectivity index (χ3n) is 4.36. The molecule has 2 atom stereocenters. The van der Waals surface area contributed by atoms with Crippen molar-refractivity contribution < 1.29 is 9.59 Å². The van der Waals surface area contributed by atoms with Gasteiger partial charge in [0.2, 0.25) is 0 Å². The largest absolute Gasteiger partial charge is 0.334 e. The zero-order chi connectivity index (χ0) is 19.5. The first-order chi connectivity index (χ1) is 12.1. The van der Waals surface area contributed by atoms with Crippen molar-refractivity contribution in [2.75, 3.05) is 11.9 Å². The molecule has 2 rings (SSSR count). The van der Waals surface area contributed by atoms with Gasteiger partial charge in [0.15, 0.2) is 0 Å². The van der Waals surface area contributed by atoms with Crippen molar-refractivity contribution in [1.82, 2.24) is 10.2 Å². The van der Waals surface area contributed by atoms with Crippen LogP contribution in [0.25, 0.3) is 0 Å². The molecule has 1 aliphatic heterocycles. The van der Waals surface area contributed by atoms with Crippen LogP contribution in [0.5, 0.6) is 0 Å². The third-order valence-corrected chi connectivity index (χ3v) is 4.69. The number of nitrogens with one attached hydrogen (secondary N) is 2. The summed E-state index contributed by atoms with van der Waals surface area (Å²) in [6, 6.07) is 4.52. The Bertz CT molecular complexity index is 670.